The molecule has 0 radical (unpaired) electrons. The van der Waals surface area contributed by atoms with Crippen LogP contribution in [0.15, 0.2) is 41.4 Å². The van der Waals surface area contributed by atoms with Gasteiger partial charge in [0.1, 0.15) is 0 Å². The lowest BCUT2D eigenvalue weighted by Crippen LogP contribution is -2.44. The predicted octanol–water partition coefficient (Wildman–Crippen LogP) is 3.22. The van der Waals surface area contributed by atoms with Gasteiger partial charge < -0.3 is 19.6 Å². The maximum atomic E-state index is 13.0. The number of hydrogen-bond donors (Lipinski definition) is 2. The highest BCUT2D eigenvalue weighted by atomic mass is 32.2. The molecule has 1 saturated heterocycles. The Morgan fingerprint density at radius 3 is 2.56 bits per heavy atom. The summed E-state index contributed by atoms with van der Waals surface area (Å²) in [6, 6.07) is 8.25. The smallest absolute Gasteiger partial charge is 0.337 e. The van der Waals surface area contributed by atoms with Crippen LogP contribution in [-0.4, -0.2) is 75.3 Å². The zero-order chi connectivity index (χ0) is 24.7. The first-order chi connectivity index (χ1) is 16.2. The number of nitrogens with one attached hydrogen (secondary N) is 1. The van der Waals surface area contributed by atoms with E-state index in [9.17, 15) is 18.3 Å². The van der Waals surface area contributed by atoms with E-state index in [-0.39, 0.29) is 16.1 Å². The number of aromatic nitrogens is 1. The lowest BCUT2D eigenvalue weighted by Gasteiger charge is -2.38. The molecule has 0 amide bonds. The van der Waals surface area contributed by atoms with E-state index >= 15 is 0 Å². The van der Waals surface area contributed by atoms with Crippen molar-refractivity contribution in [3.8, 4) is 0 Å². The maximum Gasteiger partial charge on any atom is 0.337 e. The highest BCUT2D eigenvalue weighted by molar-refractivity contribution is 7.92. The zero-order valence-corrected chi connectivity index (χ0v) is 20.8. The average Bonchev–Trinajstić information content (AvgIpc) is 2.82. The Morgan fingerprint density at radius 2 is 1.94 bits per heavy atom. The largest absolute Gasteiger partial charge is 0.478 e. The number of sulfonamides is 1. The number of piperidine rings is 1. The normalized spacial score (nSPS) is 15.0. The number of ether oxygens (including phenoxy) is 1. The molecule has 1 aliphatic rings. The Balaban J connectivity index is 1.75. The molecule has 1 aliphatic heterocycles. The van der Waals surface area contributed by atoms with Crippen LogP contribution in [0.5, 0.6) is 0 Å². The summed E-state index contributed by atoms with van der Waals surface area (Å²) in [5.41, 5.74) is 1.04. The lowest BCUT2D eigenvalue weighted by atomic mass is 10.0. The summed E-state index contributed by atoms with van der Waals surface area (Å²) in [5, 5.41) is 9.41. The van der Waals surface area contributed by atoms with Crippen molar-refractivity contribution in [2.45, 2.75) is 44.0 Å². The molecule has 0 saturated carbocycles. The first-order valence-corrected chi connectivity index (χ1v) is 13.1. The molecule has 0 unspecified atom stereocenters. The van der Waals surface area contributed by atoms with Crippen LogP contribution < -0.4 is 9.62 Å². The number of aryl methyl sites for hydroxylation is 1. The Bertz CT molecular complexity index is 1070. The molecule has 1 aromatic heterocycles. The second kappa shape index (κ2) is 11.6. The lowest BCUT2D eigenvalue weighted by molar-refractivity contribution is 0.0696. The second-order valence-corrected chi connectivity index (χ2v) is 10.3. The van der Waals surface area contributed by atoms with Crippen LogP contribution in [0, 0.1) is 6.92 Å². The minimum Gasteiger partial charge on any atom is -0.478 e. The Morgan fingerprint density at radius 1 is 1.26 bits per heavy atom. The SMILES string of the molecule is CCOCCCN(C)C1CCN(c2ncc(C(=O)O)cc2NS(=O)(=O)c2ccc(C)cc2)CC1. The molecule has 1 aromatic carbocycles. The molecular formula is C24H34N4O5S. The van der Waals surface area contributed by atoms with Crippen LogP contribution in [0.25, 0.3) is 0 Å². The first kappa shape index (κ1) is 25.9. The molecule has 2 heterocycles. The van der Waals surface area contributed by atoms with E-state index in [2.05, 4.69) is 21.7 Å². The van der Waals surface area contributed by atoms with Gasteiger partial charge in [0, 0.05) is 45.1 Å². The second-order valence-electron chi connectivity index (χ2n) is 8.57. The number of hydrogen-bond acceptors (Lipinski definition) is 7. The first-order valence-electron chi connectivity index (χ1n) is 11.6. The van der Waals surface area contributed by atoms with E-state index in [0.717, 1.165) is 44.6 Å². The molecule has 9 nitrogen and oxygen atoms in total. The molecule has 0 aliphatic carbocycles. The van der Waals surface area contributed by atoms with Crippen LogP contribution in [0.4, 0.5) is 11.5 Å². The summed E-state index contributed by atoms with van der Waals surface area (Å²) >= 11 is 0. The van der Waals surface area contributed by atoms with Crippen LogP contribution in [-0.2, 0) is 14.8 Å². The van der Waals surface area contributed by atoms with Gasteiger partial charge >= 0.3 is 5.97 Å². The summed E-state index contributed by atoms with van der Waals surface area (Å²) in [7, 11) is -1.78. The van der Waals surface area contributed by atoms with Gasteiger partial charge in [0.05, 0.1) is 16.1 Å². The summed E-state index contributed by atoms with van der Waals surface area (Å²) in [4.78, 5) is 20.3. The number of carboxylic acids is 1. The minimum atomic E-state index is -3.90. The number of pyridine rings is 1. The number of benzene rings is 1. The molecule has 1 fully saturated rings. The summed E-state index contributed by atoms with van der Waals surface area (Å²) < 4.78 is 34.0. The van der Waals surface area contributed by atoms with Gasteiger partial charge in [-0.05, 0) is 58.4 Å². The number of carbonyl (C=O) groups is 1. The van der Waals surface area contributed by atoms with Crippen LogP contribution >= 0.6 is 0 Å². The molecule has 3 rings (SSSR count). The van der Waals surface area contributed by atoms with Crippen molar-refractivity contribution < 1.29 is 23.1 Å². The van der Waals surface area contributed by atoms with Crippen molar-refractivity contribution in [3.05, 3.63) is 47.7 Å². The van der Waals surface area contributed by atoms with Gasteiger partial charge in [-0.3, -0.25) is 4.72 Å². The van der Waals surface area contributed by atoms with Crippen molar-refractivity contribution in [2.24, 2.45) is 0 Å². The van der Waals surface area contributed by atoms with E-state index in [1.807, 2.05) is 18.7 Å². The van der Waals surface area contributed by atoms with Crippen molar-refractivity contribution >= 4 is 27.5 Å². The Labute approximate surface area is 201 Å². The van der Waals surface area contributed by atoms with E-state index in [1.165, 1.54) is 24.4 Å². The number of aromatic carboxylic acids is 1. The quantitative estimate of drug-likeness (QED) is 0.462. The molecular weight excluding hydrogens is 456 g/mol. The van der Waals surface area contributed by atoms with Crippen LogP contribution in [0.3, 0.4) is 0 Å². The van der Waals surface area contributed by atoms with E-state index < -0.39 is 16.0 Å². The monoisotopic (exact) mass is 490 g/mol. The minimum absolute atomic E-state index is 0.0747. The third-order valence-electron chi connectivity index (χ3n) is 6.08. The van der Waals surface area contributed by atoms with Crippen molar-refractivity contribution in [1.82, 2.24) is 9.88 Å². The number of nitrogens with zero attached hydrogens (tertiary/aromatic N) is 3. The molecule has 186 valence electrons. The van der Waals surface area contributed by atoms with E-state index in [1.54, 1.807) is 12.1 Å². The van der Waals surface area contributed by atoms with E-state index in [0.29, 0.717) is 24.9 Å². The van der Waals surface area contributed by atoms with Gasteiger partial charge in [-0.2, -0.15) is 0 Å². The van der Waals surface area contributed by atoms with Crippen molar-refractivity contribution in [3.63, 3.8) is 0 Å². The van der Waals surface area contributed by atoms with Crippen molar-refractivity contribution in [2.75, 3.05) is 49.5 Å². The van der Waals surface area contributed by atoms with Gasteiger partial charge in [0.2, 0.25) is 0 Å². The highest BCUT2D eigenvalue weighted by Crippen LogP contribution is 2.30. The van der Waals surface area contributed by atoms with Gasteiger partial charge in [0.15, 0.2) is 5.82 Å². The van der Waals surface area contributed by atoms with Gasteiger partial charge in [-0.15, -0.1) is 0 Å². The molecule has 34 heavy (non-hydrogen) atoms. The van der Waals surface area contributed by atoms with E-state index in [4.69, 9.17) is 4.74 Å². The molecule has 2 aromatic rings. The Hall–Kier alpha value is -2.69. The molecule has 0 atom stereocenters. The average molecular weight is 491 g/mol. The maximum absolute atomic E-state index is 13.0. The molecule has 0 bridgehead atoms. The predicted molar refractivity (Wildman–Crippen MR) is 132 cm³/mol. The van der Waals surface area contributed by atoms with Crippen LogP contribution in [0.2, 0.25) is 0 Å². The van der Waals surface area contributed by atoms with Crippen LogP contribution in [0.1, 0.15) is 42.1 Å². The summed E-state index contributed by atoms with van der Waals surface area (Å²) in [6.45, 7) is 7.69. The number of rotatable bonds is 11. The summed E-state index contributed by atoms with van der Waals surface area (Å²) in [5.74, 6) is -0.722. The standard InChI is InChI=1S/C24H34N4O5S/c1-4-33-15-5-12-27(3)20-10-13-28(14-11-20)23-22(16-19(17-25-23)24(29)30)26-34(31,32)21-8-6-18(2)7-9-21/h6-9,16-17,20,26H,4-5,10-15H2,1-3H3,(H,29,30). The topological polar surface area (TPSA) is 112 Å². The number of carboxylic acid groups (broad SMARTS) is 1. The molecule has 10 heteroatoms. The fraction of sp³-hybridized carbons (Fsp3) is 0.500. The zero-order valence-electron chi connectivity index (χ0n) is 20.0. The summed E-state index contributed by atoms with van der Waals surface area (Å²) in [6.07, 6.45) is 4.05. The fourth-order valence-corrected chi connectivity index (χ4v) is 5.14. The van der Waals surface area contributed by atoms with Gasteiger partial charge in [0.25, 0.3) is 10.0 Å². The Kier molecular flexibility index (Phi) is 8.87. The third-order valence-corrected chi connectivity index (χ3v) is 7.46. The van der Waals surface area contributed by atoms with Gasteiger partial charge in [-0.1, -0.05) is 17.7 Å². The van der Waals surface area contributed by atoms with Gasteiger partial charge in [-0.25, -0.2) is 18.2 Å². The number of anilines is 2. The molecule has 2 N–H and O–H groups in total. The third kappa shape index (κ3) is 6.68. The van der Waals surface area contributed by atoms with Crippen molar-refractivity contribution in [1.29, 1.82) is 0 Å². The fourth-order valence-electron chi connectivity index (χ4n) is 4.08. The highest BCUT2D eigenvalue weighted by Gasteiger charge is 2.26. The molecule has 0 spiro atoms.